The average Bonchev–Trinajstić information content (AvgIpc) is 3.39. The quantitative estimate of drug-likeness (QED) is 0.261. The van der Waals surface area contributed by atoms with Crippen LogP contribution < -0.4 is 5.56 Å². The van der Waals surface area contributed by atoms with Crippen LogP contribution in [0.5, 0.6) is 0 Å². The molecule has 0 N–H and O–H groups in total. The molecule has 5 nitrogen and oxygen atoms in total. The van der Waals surface area contributed by atoms with Crippen molar-refractivity contribution in [2.75, 3.05) is 7.11 Å². The van der Waals surface area contributed by atoms with Gasteiger partial charge in [0.15, 0.2) is 5.16 Å². The number of hydrogen-bond acceptors (Lipinski definition) is 7. The van der Waals surface area contributed by atoms with Gasteiger partial charge in [0.05, 0.1) is 12.5 Å². The maximum atomic E-state index is 13.1. The van der Waals surface area contributed by atoms with Crippen LogP contribution in [0.4, 0.5) is 0 Å². The Balaban J connectivity index is 1.80. The third kappa shape index (κ3) is 3.39. The monoisotopic (exact) mass is 428 g/mol. The SMILES string of the molecule is COC(=O)C(Sc1nc2scc(-c3cccs3)c2c(=O)n1C)c1ccccc1. The number of benzene rings is 1. The molecule has 0 saturated carbocycles. The maximum absolute atomic E-state index is 13.1. The van der Waals surface area contributed by atoms with Crippen LogP contribution in [-0.2, 0) is 16.6 Å². The van der Waals surface area contributed by atoms with E-state index in [-0.39, 0.29) is 11.5 Å². The summed E-state index contributed by atoms with van der Waals surface area (Å²) < 4.78 is 6.49. The largest absolute Gasteiger partial charge is 0.468 e. The van der Waals surface area contributed by atoms with Gasteiger partial charge < -0.3 is 4.74 Å². The highest BCUT2D eigenvalue weighted by Crippen LogP contribution is 2.38. The summed E-state index contributed by atoms with van der Waals surface area (Å²) in [4.78, 5) is 31.9. The number of thiophene rings is 2. The number of esters is 1. The molecule has 0 aliphatic carbocycles. The van der Waals surface area contributed by atoms with E-state index in [0.29, 0.717) is 15.4 Å². The second-order valence-corrected chi connectivity index (χ2v) is 8.88. The normalized spacial score (nSPS) is 12.2. The molecule has 0 saturated heterocycles. The first-order valence-electron chi connectivity index (χ1n) is 8.41. The van der Waals surface area contributed by atoms with Gasteiger partial charge in [-0.1, -0.05) is 48.2 Å². The molecule has 0 bridgehead atoms. The lowest BCUT2D eigenvalue weighted by molar-refractivity contribution is -0.140. The molecular weight excluding hydrogens is 412 g/mol. The van der Waals surface area contributed by atoms with Crippen molar-refractivity contribution in [3.63, 3.8) is 0 Å². The number of carbonyl (C=O) groups excluding carboxylic acids is 1. The fourth-order valence-corrected chi connectivity index (χ4v) is 5.76. The molecule has 142 valence electrons. The number of aromatic nitrogens is 2. The summed E-state index contributed by atoms with van der Waals surface area (Å²) in [5, 5.41) is 4.46. The fourth-order valence-electron chi connectivity index (χ4n) is 2.86. The molecule has 28 heavy (non-hydrogen) atoms. The van der Waals surface area contributed by atoms with Gasteiger partial charge in [-0.05, 0) is 17.0 Å². The van der Waals surface area contributed by atoms with Crippen LogP contribution in [0.1, 0.15) is 10.8 Å². The standard InChI is InChI=1S/C20H16N2O3S3/c1-22-18(23)15-13(14-9-6-10-26-14)11-27-17(15)21-20(22)28-16(19(24)25-2)12-7-4-3-5-8-12/h3-11,16H,1-2H3. The summed E-state index contributed by atoms with van der Waals surface area (Å²) in [6, 6.07) is 13.3. The number of hydrogen-bond donors (Lipinski definition) is 0. The first-order valence-corrected chi connectivity index (χ1v) is 11.1. The summed E-state index contributed by atoms with van der Waals surface area (Å²) in [5.74, 6) is -0.379. The predicted molar refractivity (Wildman–Crippen MR) is 115 cm³/mol. The molecule has 0 radical (unpaired) electrons. The summed E-state index contributed by atoms with van der Waals surface area (Å²) in [6.45, 7) is 0. The molecular formula is C20H16N2O3S3. The highest BCUT2D eigenvalue weighted by atomic mass is 32.2. The molecule has 1 unspecified atom stereocenters. The van der Waals surface area contributed by atoms with Crippen molar-refractivity contribution < 1.29 is 9.53 Å². The molecule has 4 rings (SSSR count). The number of nitrogens with zero attached hydrogens (tertiary/aromatic N) is 2. The molecule has 3 heterocycles. The smallest absolute Gasteiger partial charge is 0.323 e. The first-order chi connectivity index (χ1) is 13.6. The second-order valence-electron chi connectivity index (χ2n) is 6.00. The second kappa shape index (κ2) is 7.90. The topological polar surface area (TPSA) is 61.2 Å². The van der Waals surface area contributed by atoms with Crippen molar-refractivity contribution in [1.82, 2.24) is 9.55 Å². The zero-order valence-electron chi connectivity index (χ0n) is 15.1. The van der Waals surface area contributed by atoms with Gasteiger partial charge in [0.1, 0.15) is 10.1 Å². The van der Waals surface area contributed by atoms with Crippen LogP contribution in [0.3, 0.4) is 0 Å². The van der Waals surface area contributed by atoms with Crippen molar-refractivity contribution in [2.24, 2.45) is 7.05 Å². The Bertz CT molecular complexity index is 1180. The van der Waals surface area contributed by atoms with Gasteiger partial charge in [-0.25, -0.2) is 4.98 Å². The van der Waals surface area contributed by atoms with Crippen LogP contribution in [0.15, 0.2) is 63.2 Å². The molecule has 8 heteroatoms. The number of rotatable bonds is 5. The van der Waals surface area contributed by atoms with Crippen LogP contribution in [-0.4, -0.2) is 22.6 Å². The molecule has 4 aromatic rings. The Kier molecular flexibility index (Phi) is 5.34. The molecule has 0 amide bonds. The average molecular weight is 429 g/mol. The number of carbonyl (C=O) groups is 1. The van der Waals surface area contributed by atoms with E-state index >= 15 is 0 Å². The van der Waals surface area contributed by atoms with Gasteiger partial charge in [-0.2, -0.15) is 0 Å². The van der Waals surface area contributed by atoms with Crippen molar-refractivity contribution in [1.29, 1.82) is 0 Å². The summed E-state index contributed by atoms with van der Waals surface area (Å²) >= 11 is 4.26. The zero-order chi connectivity index (χ0) is 19.7. The van der Waals surface area contributed by atoms with E-state index in [4.69, 9.17) is 4.74 Å². The van der Waals surface area contributed by atoms with Gasteiger partial charge >= 0.3 is 5.97 Å². The predicted octanol–water partition coefficient (Wildman–Crippen LogP) is 4.73. The highest BCUT2D eigenvalue weighted by Gasteiger charge is 2.26. The summed E-state index contributed by atoms with van der Waals surface area (Å²) in [5.41, 5.74) is 1.60. The van der Waals surface area contributed by atoms with E-state index in [0.717, 1.165) is 16.0 Å². The van der Waals surface area contributed by atoms with Crippen molar-refractivity contribution >= 4 is 50.6 Å². The summed E-state index contributed by atoms with van der Waals surface area (Å²) in [6.07, 6.45) is 0. The molecule has 0 spiro atoms. The lowest BCUT2D eigenvalue weighted by Gasteiger charge is -2.16. The maximum Gasteiger partial charge on any atom is 0.323 e. The Morgan fingerprint density at radius 1 is 1.18 bits per heavy atom. The van der Waals surface area contributed by atoms with Crippen LogP contribution >= 0.6 is 34.4 Å². The van der Waals surface area contributed by atoms with Crippen molar-refractivity contribution in [3.05, 3.63) is 69.1 Å². The Morgan fingerprint density at radius 2 is 1.96 bits per heavy atom. The Labute approximate surface area is 173 Å². The third-order valence-corrected chi connectivity index (χ3v) is 7.35. The number of fused-ring (bicyclic) bond motifs is 1. The van der Waals surface area contributed by atoms with Crippen LogP contribution in [0, 0.1) is 0 Å². The van der Waals surface area contributed by atoms with Gasteiger partial charge in [0.25, 0.3) is 5.56 Å². The van der Waals surface area contributed by atoms with Gasteiger partial charge in [0.2, 0.25) is 0 Å². The van der Waals surface area contributed by atoms with Crippen LogP contribution in [0.25, 0.3) is 20.7 Å². The minimum Gasteiger partial charge on any atom is -0.468 e. The van der Waals surface area contributed by atoms with E-state index in [1.807, 2.05) is 53.2 Å². The lowest BCUT2D eigenvalue weighted by atomic mass is 10.1. The lowest BCUT2D eigenvalue weighted by Crippen LogP contribution is -2.21. The van der Waals surface area contributed by atoms with E-state index in [1.165, 1.54) is 34.8 Å². The number of thioether (sulfide) groups is 1. The molecule has 0 aliphatic heterocycles. The van der Waals surface area contributed by atoms with E-state index in [1.54, 1.807) is 18.4 Å². The summed E-state index contributed by atoms with van der Waals surface area (Å²) in [7, 11) is 3.05. The molecule has 1 aromatic carbocycles. The van der Waals surface area contributed by atoms with E-state index < -0.39 is 5.25 Å². The molecule has 3 aromatic heterocycles. The minimum absolute atomic E-state index is 0.117. The minimum atomic E-state index is -0.599. The molecule has 0 fully saturated rings. The first kappa shape index (κ1) is 18.9. The van der Waals surface area contributed by atoms with Gasteiger partial charge in [-0.3, -0.25) is 14.2 Å². The van der Waals surface area contributed by atoms with Gasteiger partial charge in [0, 0.05) is 22.9 Å². The van der Waals surface area contributed by atoms with Crippen molar-refractivity contribution in [3.8, 4) is 10.4 Å². The highest BCUT2D eigenvalue weighted by molar-refractivity contribution is 8.00. The van der Waals surface area contributed by atoms with E-state index in [2.05, 4.69) is 4.98 Å². The Hall–Kier alpha value is -2.42. The molecule has 1 atom stereocenters. The Morgan fingerprint density at radius 3 is 2.64 bits per heavy atom. The van der Waals surface area contributed by atoms with E-state index in [9.17, 15) is 9.59 Å². The fraction of sp³-hybridized carbons (Fsp3) is 0.150. The van der Waals surface area contributed by atoms with Gasteiger partial charge in [-0.15, -0.1) is 22.7 Å². The van der Waals surface area contributed by atoms with Crippen LogP contribution in [0.2, 0.25) is 0 Å². The third-order valence-electron chi connectivity index (χ3n) is 4.30. The number of methoxy groups -OCH3 is 1. The molecule has 0 aliphatic rings. The number of ether oxygens (including phenoxy) is 1. The zero-order valence-corrected chi connectivity index (χ0v) is 17.6. The van der Waals surface area contributed by atoms with Crippen molar-refractivity contribution in [2.45, 2.75) is 10.4 Å².